The van der Waals surface area contributed by atoms with E-state index in [0.29, 0.717) is 35.4 Å². The van der Waals surface area contributed by atoms with Crippen LogP contribution in [0.5, 0.6) is 0 Å². The fourth-order valence-electron chi connectivity index (χ4n) is 4.65. The zero-order valence-electron chi connectivity index (χ0n) is 20.4. The molecule has 13 heteroatoms. The molecule has 4 rings (SSSR count). The number of hydrogen-bond acceptors (Lipinski definition) is 8. The minimum Gasteiger partial charge on any atom is -0.465 e. The van der Waals surface area contributed by atoms with Gasteiger partial charge >= 0.3 is 12.1 Å². The molecule has 3 aromatic rings. The summed E-state index contributed by atoms with van der Waals surface area (Å²) in [5, 5.41) is 0. The van der Waals surface area contributed by atoms with Crippen LogP contribution in [0, 0.1) is 5.92 Å². The van der Waals surface area contributed by atoms with Gasteiger partial charge in [0.15, 0.2) is 15.5 Å². The molecule has 1 atom stereocenters. The molecule has 1 aromatic carbocycles. The number of alkyl halides is 3. The maximum absolute atomic E-state index is 13.7. The van der Waals surface area contributed by atoms with Gasteiger partial charge in [0.1, 0.15) is 11.4 Å². The van der Waals surface area contributed by atoms with Gasteiger partial charge in [-0.25, -0.2) is 28.2 Å². The number of nitrogens with zero attached hydrogens (tertiary/aromatic N) is 5. The topological polar surface area (TPSA) is 107 Å². The lowest BCUT2D eigenvalue weighted by Gasteiger charge is -2.38. The van der Waals surface area contributed by atoms with Crippen LogP contribution in [0.2, 0.25) is 0 Å². The van der Waals surface area contributed by atoms with Gasteiger partial charge in [-0.15, -0.1) is 0 Å². The number of imidazole rings is 1. The Morgan fingerprint density at radius 1 is 1.22 bits per heavy atom. The summed E-state index contributed by atoms with van der Waals surface area (Å²) in [5.41, 5.74) is -0.230. The summed E-state index contributed by atoms with van der Waals surface area (Å²) in [4.78, 5) is 26.3. The zero-order chi connectivity index (χ0) is 26.6. The van der Waals surface area contributed by atoms with Crippen LogP contribution in [-0.2, 0) is 33.7 Å². The van der Waals surface area contributed by atoms with Crippen LogP contribution in [0.1, 0.15) is 54.3 Å². The van der Waals surface area contributed by atoms with Gasteiger partial charge in [0, 0.05) is 25.5 Å². The van der Waals surface area contributed by atoms with Gasteiger partial charge in [0.25, 0.3) is 0 Å². The van der Waals surface area contributed by atoms with E-state index >= 15 is 0 Å². The molecule has 0 saturated heterocycles. The third-order valence-electron chi connectivity index (χ3n) is 6.24. The van der Waals surface area contributed by atoms with E-state index in [9.17, 15) is 26.4 Å². The summed E-state index contributed by atoms with van der Waals surface area (Å²) in [5.74, 6) is -0.895. The van der Waals surface area contributed by atoms with E-state index in [1.165, 1.54) is 0 Å². The number of aryl methyl sites for hydroxylation is 1. The van der Waals surface area contributed by atoms with Crippen LogP contribution in [0.25, 0.3) is 11.0 Å². The standard InChI is InChI=1S/C23H26F3N5O4S/c1-6-13-9-15-16(10-17(13)36(5,33)34)30-7-8-31(18(12(2)3)20(30)28-15)22-27-11-14(21(32)35-4)19(29-22)23(24,25)26/h9-12,18H,6-8H2,1-5H3/t18-/m1/s1. The number of rotatable bonds is 5. The highest BCUT2D eigenvalue weighted by molar-refractivity contribution is 7.90. The van der Waals surface area contributed by atoms with Crippen LogP contribution in [0.3, 0.4) is 0 Å². The third kappa shape index (κ3) is 4.40. The van der Waals surface area contributed by atoms with E-state index in [1.807, 2.05) is 25.3 Å². The quantitative estimate of drug-likeness (QED) is 0.463. The van der Waals surface area contributed by atoms with Crippen molar-refractivity contribution in [3.05, 3.63) is 41.0 Å². The van der Waals surface area contributed by atoms with Crippen LogP contribution in [-0.4, -0.2) is 53.8 Å². The molecule has 36 heavy (non-hydrogen) atoms. The number of sulfone groups is 1. The van der Waals surface area contributed by atoms with E-state index in [-0.39, 0.29) is 23.3 Å². The van der Waals surface area contributed by atoms with Crippen molar-refractivity contribution in [1.82, 2.24) is 19.5 Å². The highest BCUT2D eigenvalue weighted by atomic mass is 32.2. The van der Waals surface area contributed by atoms with Crippen molar-refractivity contribution < 1.29 is 31.1 Å². The van der Waals surface area contributed by atoms with E-state index < -0.39 is 39.3 Å². The molecule has 0 spiro atoms. The Kier molecular flexibility index (Phi) is 6.48. The molecule has 0 fully saturated rings. The number of ether oxygens (including phenoxy) is 1. The number of hydrogen-bond donors (Lipinski definition) is 0. The summed E-state index contributed by atoms with van der Waals surface area (Å²) in [6, 6.07) is 2.88. The molecule has 0 aliphatic carbocycles. The van der Waals surface area contributed by atoms with Gasteiger partial charge in [-0.2, -0.15) is 13.2 Å². The van der Waals surface area contributed by atoms with Crippen molar-refractivity contribution in [2.24, 2.45) is 5.92 Å². The molecular formula is C23H26F3N5O4S. The van der Waals surface area contributed by atoms with Crippen molar-refractivity contribution in [2.45, 2.75) is 50.9 Å². The molecule has 0 unspecified atom stereocenters. The first-order chi connectivity index (χ1) is 16.8. The number of esters is 1. The van der Waals surface area contributed by atoms with Gasteiger partial charge in [-0.3, -0.25) is 0 Å². The smallest absolute Gasteiger partial charge is 0.434 e. The number of aromatic nitrogens is 4. The van der Waals surface area contributed by atoms with Gasteiger partial charge in [-0.05, 0) is 30.0 Å². The van der Waals surface area contributed by atoms with Crippen molar-refractivity contribution in [3.8, 4) is 0 Å². The van der Waals surface area contributed by atoms with Crippen molar-refractivity contribution in [2.75, 3.05) is 24.8 Å². The van der Waals surface area contributed by atoms with E-state index in [2.05, 4.69) is 14.7 Å². The summed E-state index contributed by atoms with van der Waals surface area (Å²) in [7, 11) is -2.49. The second-order valence-corrected chi connectivity index (χ2v) is 11.0. The Labute approximate surface area is 206 Å². The molecule has 0 radical (unpaired) electrons. The number of carbonyl (C=O) groups excluding carboxylic acids is 1. The van der Waals surface area contributed by atoms with Gasteiger partial charge in [0.05, 0.1) is 29.1 Å². The minimum atomic E-state index is -4.89. The van der Waals surface area contributed by atoms with E-state index in [1.54, 1.807) is 17.0 Å². The molecule has 1 aliphatic rings. The Bertz CT molecular complexity index is 1450. The number of carbonyl (C=O) groups is 1. The van der Waals surface area contributed by atoms with Crippen LogP contribution >= 0.6 is 0 Å². The lowest BCUT2D eigenvalue weighted by Crippen LogP contribution is -2.42. The highest BCUT2D eigenvalue weighted by Crippen LogP contribution is 2.39. The Morgan fingerprint density at radius 3 is 2.47 bits per heavy atom. The first-order valence-electron chi connectivity index (χ1n) is 11.3. The molecule has 0 N–H and O–H groups in total. The summed E-state index contributed by atoms with van der Waals surface area (Å²) < 4.78 is 72.4. The predicted molar refractivity (Wildman–Crippen MR) is 126 cm³/mol. The number of halogens is 3. The second-order valence-electron chi connectivity index (χ2n) is 9.00. The molecular weight excluding hydrogens is 499 g/mol. The molecule has 2 aromatic heterocycles. The van der Waals surface area contributed by atoms with Gasteiger partial charge < -0.3 is 14.2 Å². The Hall–Kier alpha value is -3.22. The van der Waals surface area contributed by atoms with Gasteiger partial charge in [-0.1, -0.05) is 20.8 Å². The molecule has 1 aliphatic heterocycles. The molecule has 0 amide bonds. The van der Waals surface area contributed by atoms with Crippen LogP contribution in [0.15, 0.2) is 23.2 Å². The van der Waals surface area contributed by atoms with Crippen LogP contribution in [0.4, 0.5) is 19.1 Å². The first kappa shape index (κ1) is 25.9. The average molecular weight is 526 g/mol. The zero-order valence-corrected chi connectivity index (χ0v) is 21.2. The van der Waals surface area contributed by atoms with Crippen molar-refractivity contribution in [3.63, 3.8) is 0 Å². The number of methoxy groups -OCH3 is 1. The SMILES string of the molecule is CCc1cc2nc3n(c2cc1S(C)(=O)=O)CCN(c1ncc(C(=O)OC)c(C(F)(F)F)n1)[C@@H]3C(C)C. The largest absolute Gasteiger partial charge is 0.465 e. The summed E-state index contributed by atoms with van der Waals surface area (Å²) in [6.45, 7) is 6.24. The maximum Gasteiger partial charge on any atom is 0.434 e. The lowest BCUT2D eigenvalue weighted by molar-refractivity contribution is -0.141. The molecule has 0 saturated carbocycles. The van der Waals surface area contributed by atoms with E-state index in [0.717, 1.165) is 19.6 Å². The Morgan fingerprint density at radius 2 is 1.92 bits per heavy atom. The lowest BCUT2D eigenvalue weighted by atomic mass is 10.00. The predicted octanol–water partition coefficient (Wildman–Crippen LogP) is 3.81. The van der Waals surface area contributed by atoms with E-state index in [4.69, 9.17) is 4.98 Å². The second kappa shape index (κ2) is 9.02. The monoisotopic (exact) mass is 525 g/mol. The minimum absolute atomic E-state index is 0.112. The summed E-state index contributed by atoms with van der Waals surface area (Å²) >= 11 is 0. The fraction of sp³-hybridized carbons (Fsp3) is 0.478. The van der Waals surface area contributed by atoms with Crippen LogP contribution < -0.4 is 4.90 Å². The molecule has 9 nitrogen and oxygen atoms in total. The third-order valence-corrected chi connectivity index (χ3v) is 7.42. The number of fused-ring (bicyclic) bond motifs is 3. The fourth-order valence-corrected chi connectivity index (χ4v) is 5.66. The maximum atomic E-state index is 13.7. The molecule has 194 valence electrons. The van der Waals surface area contributed by atoms with Gasteiger partial charge in [0.2, 0.25) is 5.95 Å². The molecule has 0 bridgehead atoms. The average Bonchev–Trinajstić information content (AvgIpc) is 3.17. The van der Waals surface area contributed by atoms with Crippen molar-refractivity contribution >= 4 is 32.8 Å². The Balaban J connectivity index is 1.87. The van der Waals surface area contributed by atoms with Crippen molar-refractivity contribution in [1.29, 1.82) is 0 Å². The molecule has 3 heterocycles. The first-order valence-corrected chi connectivity index (χ1v) is 13.2. The summed E-state index contributed by atoms with van der Waals surface area (Å²) in [6.07, 6.45) is -2.40. The normalized spacial score (nSPS) is 16.5. The number of benzene rings is 1. The number of anilines is 1. The highest BCUT2D eigenvalue weighted by Gasteiger charge is 2.41.